The number of benzene rings is 2. The highest BCUT2D eigenvalue weighted by Gasteiger charge is 2.34. The maximum absolute atomic E-state index is 9.51. The zero-order chi connectivity index (χ0) is 18.2. The second-order valence-electron chi connectivity index (χ2n) is 7.59. The molecule has 2 aromatic carbocycles. The zero-order valence-electron chi connectivity index (χ0n) is 15.1. The Morgan fingerprint density at radius 3 is 2.67 bits per heavy atom. The minimum Gasteiger partial charge on any atom is -0.490 e. The van der Waals surface area contributed by atoms with Gasteiger partial charge < -0.3 is 10.1 Å². The standard InChI is InChI=1S/C23H21N3O/c24-14-15-9-17(23-22-4-2-1-3-16(22)7-8-25-23)11-20(10-15)27-21-12-18-5-6-19(13-21)26-18/h1-4,7-11,18-19,21,26H,5-6,12-13H2/t18-,19+,21-. The summed E-state index contributed by atoms with van der Waals surface area (Å²) in [6.45, 7) is 0. The molecular weight excluding hydrogens is 334 g/mol. The normalized spacial score (nSPS) is 23.9. The number of nitrogens with one attached hydrogen (secondary N) is 1. The monoisotopic (exact) mass is 355 g/mol. The van der Waals surface area contributed by atoms with Crippen molar-refractivity contribution >= 4 is 10.8 Å². The van der Waals surface area contributed by atoms with E-state index in [0.29, 0.717) is 17.6 Å². The summed E-state index contributed by atoms with van der Waals surface area (Å²) in [7, 11) is 0. The van der Waals surface area contributed by atoms with Crippen molar-refractivity contribution < 1.29 is 4.74 Å². The summed E-state index contributed by atoms with van der Waals surface area (Å²) in [4.78, 5) is 4.60. The van der Waals surface area contributed by atoms with E-state index in [1.54, 1.807) is 0 Å². The summed E-state index contributed by atoms with van der Waals surface area (Å²) in [5.74, 6) is 0.769. The van der Waals surface area contributed by atoms with Gasteiger partial charge in [-0.25, -0.2) is 0 Å². The molecule has 5 rings (SSSR count). The minimum absolute atomic E-state index is 0.214. The molecule has 2 bridgehead atoms. The highest BCUT2D eigenvalue weighted by molar-refractivity contribution is 5.94. The van der Waals surface area contributed by atoms with E-state index in [0.717, 1.165) is 40.6 Å². The van der Waals surface area contributed by atoms with Gasteiger partial charge in [0.15, 0.2) is 0 Å². The SMILES string of the molecule is N#Cc1cc(O[C@@H]2C[C@H]3CC[C@@H](C2)N3)cc(-c2nccc3ccccc23)c1. The molecule has 4 heteroatoms. The number of piperidine rings is 1. The van der Waals surface area contributed by atoms with E-state index in [2.05, 4.69) is 28.5 Å². The fourth-order valence-corrected chi connectivity index (χ4v) is 4.51. The Morgan fingerprint density at radius 1 is 1.04 bits per heavy atom. The molecule has 1 aromatic heterocycles. The lowest BCUT2D eigenvalue weighted by Gasteiger charge is -2.29. The van der Waals surface area contributed by atoms with Crippen molar-refractivity contribution in [2.75, 3.05) is 0 Å². The zero-order valence-corrected chi connectivity index (χ0v) is 15.1. The van der Waals surface area contributed by atoms with Gasteiger partial charge in [-0.2, -0.15) is 5.26 Å². The van der Waals surface area contributed by atoms with Gasteiger partial charge >= 0.3 is 0 Å². The molecule has 0 amide bonds. The molecule has 3 heterocycles. The van der Waals surface area contributed by atoms with Crippen LogP contribution in [0.4, 0.5) is 0 Å². The van der Waals surface area contributed by atoms with Gasteiger partial charge in [0.05, 0.1) is 17.3 Å². The van der Waals surface area contributed by atoms with Crippen LogP contribution in [-0.2, 0) is 0 Å². The van der Waals surface area contributed by atoms with Crippen molar-refractivity contribution in [1.29, 1.82) is 5.26 Å². The summed E-state index contributed by atoms with van der Waals surface area (Å²) in [6, 6.07) is 19.4. The van der Waals surface area contributed by atoms with Crippen LogP contribution in [0.1, 0.15) is 31.2 Å². The molecule has 3 aromatic rings. The van der Waals surface area contributed by atoms with Gasteiger partial charge in [0, 0.05) is 29.2 Å². The third-order valence-corrected chi connectivity index (χ3v) is 5.72. The van der Waals surface area contributed by atoms with Crippen LogP contribution < -0.4 is 10.1 Å². The Hall–Kier alpha value is -2.90. The summed E-state index contributed by atoms with van der Waals surface area (Å²) in [5, 5.41) is 15.4. The number of hydrogen-bond acceptors (Lipinski definition) is 4. The van der Waals surface area contributed by atoms with Gasteiger partial charge in [-0.15, -0.1) is 0 Å². The molecule has 0 radical (unpaired) electrons. The first kappa shape index (κ1) is 16.3. The predicted octanol–water partition coefficient (Wildman–Crippen LogP) is 4.44. The van der Waals surface area contributed by atoms with Gasteiger partial charge in [0.1, 0.15) is 11.9 Å². The van der Waals surface area contributed by atoms with Crippen LogP contribution >= 0.6 is 0 Å². The molecule has 0 aliphatic carbocycles. The molecule has 2 saturated heterocycles. The lowest BCUT2D eigenvalue weighted by atomic mass is 10.0. The Bertz CT molecular complexity index is 1020. The topological polar surface area (TPSA) is 57.9 Å². The molecule has 2 fully saturated rings. The van der Waals surface area contributed by atoms with Crippen molar-refractivity contribution in [2.24, 2.45) is 0 Å². The van der Waals surface area contributed by atoms with Crippen LogP contribution in [-0.4, -0.2) is 23.2 Å². The number of ether oxygens (including phenoxy) is 1. The molecule has 1 N–H and O–H groups in total. The molecule has 4 nitrogen and oxygen atoms in total. The van der Waals surface area contributed by atoms with Crippen LogP contribution in [0.15, 0.2) is 54.7 Å². The summed E-state index contributed by atoms with van der Waals surface area (Å²) in [5.41, 5.74) is 2.42. The Kier molecular flexibility index (Phi) is 4.03. The van der Waals surface area contributed by atoms with E-state index in [9.17, 15) is 5.26 Å². The Labute approximate surface area is 158 Å². The average molecular weight is 355 g/mol. The van der Waals surface area contributed by atoms with E-state index in [1.165, 1.54) is 12.8 Å². The molecule has 2 aliphatic heterocycles. The lowest BCUT2D eigenvalue weighted by Crippen LogP contribution is -2.42. The van der Waals surface area contributed by atoms with Crippen molar-refractivity contribution in [1.82, 2.24) is 10.3 Å². The quantitative estimate of drug-likeness (QED) is 0.755. The van der Waals surface area contributed by atoms with Gasteiger partial charge in [-0.1, -0.05) is 24.3 Å². The maximum Gasteiger partial charge on any atom is 0.121 e. The molecule has 134 valence electrons. The first-order chi connectivity index (χ1) is 13.3. The number of hydrogen-bond donors (Lipinski definition) is 1. The van der Waals surface area contributed by atoms with Crippen LogP contribution in [0.2, 0.25) is 0 Å². The van der Waals surface area contributed by atoms with E-state index in [-0.39, 0.29) is 6.10 Å². The second-order valence-corrected chi connectivity index (χ2v) is 7.59. The third-order valence-electron chi connectivity index (χ3n) is 5.72. The Balaban J connectivity index is 1.52. The highest BCUT2D eigenvalue weighted by atomic mass is 16.5. The summed E-state index contributed by atoms with van der Waals surface area (Å²) in [6.07, 6.45) is 6.60. The second kappa shape index (κ2) is 6.68. The van der Waals surface area contributed by atoms with Crippen LogP contribution in [0.25, 0.3) is 22.0 Å². The number of nitrogens with zero attached hydrogens (tertiary/aromatic N) is 2. The summed E-state index contributed by atoms with van der Waals surface area (Å²) < 4.78 is 6.33. The first-order valence-corrected chi connectivity index (χ1v) is 9.60. The van der Waals surface area contributed by atoms with Crippen molar-refractivity contribution in [3.63, 3.8) is 0 Å². The van der Waals surface area contributed by atoms with E-state index < -0.39 is 0 Å². The van der Waals surface area contributed by atoms with Gasteiger partial charge in [-0.05, 0) is 55.3 Å². The van der Waals surface area contributed by atoms with Gasteiger partial charge in [0.2, 0.25) is 0 Å². The molecule has 0 unspecified atom stereocenters. The van der Waals surface area contributed by atoms with Crippen molar-refractivity contribution in [3.8, 4) is 23.1 Å². The number of aromatic nitrogens is 1. The molecule has 3 atom stereocenters. The lowest BCUT2D eigenvalue weighted by molar-refractivity contribution is 0.137. The van der Waals surface area contributed by atoms with E-state index >= 15 is 0 Å². The number of pyridine rings is 1. The molecule has 0 spiro atoms. The largest absolute Gasteiger partial charge is 0.490 e. The predicted molar refractivity (Wildman–Crippen MR) is 105 cm³/mol. The number of rotatable bonds is 3. The average Bonchev–Trinajstić information content (AvgIpc) is 3.05. The molecule has 2 aliphatic rings. The maximum atomic E-state index is 9.51. The van der Waals surface area contributed by atoms with E-state index in [4.69, 9.17) is 4.74 Å². The fourth-order valence-electron chi connectivity index (χ4n) is 4.51. The van der Waals surface area contributed by atoms with Crippen LogP contribution in [0, 0.1) is 11.3 Å². The highest BCUT2D eigenvalue weighted by Crippen LogP contribution is 2.33. The smallest absolute Gasteiger partial charge is 0.121 e. The fraction of sp³-hybridized carbons (Fsp3) is 0.304. The van der Waals surface area contributed by atoms with Crippen LogP contribution in [0.5, 0.6) is 5.75 Å². The number of nitriles is 1. The van der Waals surface area contributed by atoms with Crippen LogP contribution in [0.3, 0.4) is 0 Å². The van der Waals surface area contributed by atoms with Crippen molar-refractivity contribution in [2.45, 2.75) is 43.9 Å². The number of fused-ring (bicyclic) bond motifs is 3. The van der Waals surface area contributed by atoms with E-state index in [1.807, 2.05) is 42.6 Å². The molecule has 27 heavy (non-hydrogen) atoms. The minimum atomic E-state index is 0.214. The Morgan fingerprint density at radius 2 is 1.85 bits per heavy atom. The van der Waals surface area contributed by atoms with Crippen molar-refractivity contribution in [3.05, 3.63) is 60.3 Å². The molecular formula is C23H21N3O. The van der Waals surface area contributed by atoms with Gasteiger partial charge in [-0.3, -0.25) is 4.98 Å². The first-order valence-electron chi connectivity index (χ1n) is 9.60. The molecule has 0 saturated carbocycles. The third kappa shape index (κ3) is 3.15. The van der Waals surface area contributed by atoms with Gasteiger partial charge in [0.25, 0.3) is 0 Å². The summed E-state index contributed by atoms with van der Waals surface area (Å²) >= 11 is 0.